The van der Waals surface area contributed by atoms with Gasteiger partial charge in [-0.3, -0.25) is 4.79 Å². The van der Waals surface area contributed by atoms with Gasteiger partial charge in [0.15, 0.2) is 0 Å². The van der Waals surface area contributed by atoms with E-state index in [1.807, 2.05) is 25.5 Å². The van der Waals surface area contributed by atoms with E-state index in [9.17, 15) is 4.79 Å². The molecule has 1 fully saturated rings. The zero-order chi connectivity index (χ0) is 12.1. The molecule has 2 unspecified atom stereocenters. The normalized spacial score (nSPS) is 26.5. The lowest BCUT2D eigenvalue weighted by atomic mass is 10.1. The Kier molecular flexibility index (Phi) is 2.18. The summed E-state index contributed by atoms with van der Waals surface area (Å²) in [6.07, 6.45) is 0. The fourth-order valence-electron chi connectivity index (χ4n) is 2.41. The fraction of sp³-hybridized carbons (Fsp3) is 0.700. The number of nitrogens with zero attached hydrogens (tertiary/aromatic N) is 3. The van der Waals surface area contributed by atoms with Gasteiger partial charge in [-0.25, -0.2) is 0 Å². The summed E-state index contributed by atoms with van der Waals surface area (Å²) in [4.78, 5) is 11.1. The lowest BCUT2D eigenvalue weighted by Crippen LogP contribution is -2.04. The molecule has 0 aromatic carbocycles. The fourth-order valence-corrected chi connectivity index (χ4v) is 2.41. The Morgan fingerprint density at radius 2 is 2.12 bits per heavy atom. The molecule has 1 aliphatic carbocycles. The van der Waals surface area contributed by atoms with E-state index in [0.717, 1.165) is 5.82 Å². The van der Waals surface area contributed by atoms with Crippen molar-refractivity contribution in [2.24, 2.45) is 18.4 Å². The summed E-state index contributed by atoms with van der Waals surface area (Å²) in [5.41, 5.74) is -0.238. The van der Waals surface area contributed by atoms with Gasteiger partial charge in [-0.05, 0) is 5.41 Å². The van der Waals surface area contributed by atoms with Crippen molar-refractivity contribution in [2.75, 3.05) is 12.4 Å². The van der Waals surface area contributed by atoms with Gasteiger partial charge in [-0.15, -0.1) is 10.2 Å². The molecule has 0 aliphatic heterocycles. The number of aromatic nitrogens is 3. The van der Waals surface area contributed by atoms with Gasteiger partial charge in [0.1, 0.15) is 5.82 Å². The highest BCUT2D eigenvalue weighted by Gasteiger charge is 2.64. The third-order valence-electron chi connectivity index (χ3n) is 3.50. The number of hydrogen-bond donors (Lipinski definition) is 2. The molecule has 88 valence electrons. The van der Waals surface area contributed by atoms with Crippen molar-refractivity contribution < 1.29 is 9.90 Å². The van der Waals surface area contributed by atoms with E-state index in [4.69, 9.17) is 5.11 Å². The second kappa shape index (κ2) is 3.20. The van der Waals surface area contributed by atoms with Crippen molar-refractivity contribution in [3.8, 4) is 0 Å². The van der Waals surface area contributed by atoms with E-state index in [0.29, 0.717) is 5.95 Å². The zero-order valence-corrected chi connectivity index (χ0v) is 9.85. The van der Waals surface area contributed by atoms with Crippen LogP contribution in [0.25, 0.3) is 0 Å². The number of carboxylic acid groups (broad SMARTS) is 1. The van der Waals surface area contributed by atoms with E-state index in [-0.39, 0.29) is 17.3 Å². The maximum atomic E-state index is 11.1. The Morgan fingerprint density at radius 3 is 2.50 bits per heavy atom. The highest BCUT2D eigenvalue weighted by atomic mass is 16.4. The predicted octanol–water partition coefficient (Wildman–Crippen LogP) is 0.681. The van der Waals surface area contributed by atoms with E-state index in [1.165, 1.54) is 0 Å². The summed E-state index contributed by atoms with van der Waals surface area (Å²) in [6, 6.07) is 0. The first kappa shape index (κ1) is 10.9. The second-order valence-corrected chi connectivity index (χ2v) is 4.81. The van der Waals surface area contributed by atoms with Crippen LogP contribution >= 0.6 is 0 Å². The van der Waals surface area contributed by atoms with Gasteiger partial charge in [0.2, 0.25) is 5.95 Å². The van der Waals surface area contributed by atoms with Crippen LogP contribution in [0.4, 0.5) is 5.95 Å². The van der Waals surface area contributed by atoms with Gasteiger partial charge in [-0.1, -0.05) is 13.8 Å². The molecule has 1 aromatic heterocycles. The summed E-state index contributed by atoms with van der Waals surface area (Å²) in [7, 11) is 3.61. The molecule has 6 nitrogen and oxygen atoms in total. The van der Waals surface area contributed by atoms with Gasteiger partial charge in [0, 0.05) is 20.0 Å². The Labute approximate surface area is 93.7 Å². The van der Waals surface area contributed by atoms with Crippen LogP contribution in [0.15, 0.2) is 0 Å². The Morgan fingerprint density at radius 1 is 1.50 bits per heavy atom. The van der Waals surface area contributed by atoms with Gasteiger partial charge in [0.25, 0.3) is 0 Å². The minimum Gasteiger partial charge on any atom is -0.481 e. The molecule has 0 spiro atoms. The largest absolute Gasteiger partial charge is 0.481 e. The third kappa shape index (κ3) is 1.29. The number of aliphatic carboxylic acids is 1. The maximum Gasteiger partial charge on any atom is 0.307 e. The minimum absolute atomic E-state index is 0.0513. The van der Waals surface area contributed by atoms with Crippen LogP contribution in [-0.2, 0) is 11.8 Å². The van der Waals surface area contributed by atoms with Crippen molar-refractivity contribution in [3.63, 3.8) is 0 Å². The number of hydrogen-bond acceptors (Lipinski definition) is 4. The molecule has 1 saturated carbocycles. The molecule has 0 radical (unpaired) electrons. The molecule has 6 heteroatoms. The number of carbonyl (C=O) groups is 1. The lowest BCUT2D eigenvalue weighted by Gasteiger charge is -2.03. The van der Waals surface area contributed by atoms with Gasteiger partial charge >= 0.3 is 5.97 Å². The van der Waals surface area contributed by atoms with Crippen LogP contribution in [0.3, 0.4) is 0 Å². The lowest BCUT2D eigenvalue weighted by molar-refractivity contribution is -0.139. The predicted molar refractivity (Wildman–Crippen MR) is 58.2 cm³/mol. The molecule has 2 atom stereocenters. The van der Waals surface area contributed by atoms with Crippen molar-refractivity contribution in [2.45, 2.75) is 19.8 Å². The Hall–Kier alpha value is -1.59. The molecule has 1 aromatic rings. The first-order valence-corrected chi connectivity index (χ1v) is 5.21. The SMILES string of the molecule is CNc1nnc(C2C(C(=O)O)C2(C)C)n1C. The van der Waals surface area contributed by atoms with Crippen LogP contribution in [-0.4, -0.2) is 32.9 Å². The minimum atomic E-state index is -0.760. The molecular weight excluding hydrogens is 208 g/mol. The third-order valence-corrected chi connectivity index (χ3v) is 3.50. The van der Waals surface area contributed by atoms with Gasteiger partial charge in [0.05, 0.1) is 5.92 Å². The first-order chi connectivity index (χ1) is 7.41. The molecule has 16 heavy (non-hydrogen) atoms. The van der Waals surface area contributed by atoms with Crippen molar-refractivity contribution in [3.05, 3.63) is 5.82 Å². The molecule has 2 N–H and O–H groups in total. The van der Waals surface area contributed by atoms with E-state index < -0.39 is 5.97 Å². The summed E-state index contributed by atoms with van der Waals surface area (Å²) in [6.45, 7) is 3.90. The van der Waals surface area contributed by atoms with Gasteiger partial charge < -0.3 is 15.0 Å². The molecular formula is C10H16N4O2. The van der Waals surface area contributed by atoms with Crippen molar-refractivity contribution in [1.29, 1.82) is 0 Å². The zero-order valence-electron chi connectivity index (χ0n) is 9.85. The number of nitrogens with one attached hydrogen (secondary N) is 1. The molecule has 1 aliphatic rings. The highest BCUT2D eigenvalue weighted by molar-refractivity contribution is 5.77. The van der Waals surface area contributed by atoms with Gasteiger partial charge in [-0.2, -0.15) is 0 Å². The second-order valence-electron chi connectivity index (χ2n) is 4.81. The van der Waals surface area contributed by atoms with Crippen molar-refractivity contribution in [1.82, 2.24) is 14.8 Å². The molecule has 0 amide bonds. The maximum absolute atomic E-state index is 11.1. The standard InChI is InChI=1S/C10H16N4O2/c1-10(2)5(6(10)8(15)16)7-12-13-9(11-3)14(7)4/h5-6H,1-4H3,(H,11,13)(H,15,16). The summed E-state index contributed by atoms with van der Waals surface area (Å²) in [5.74, 6) is 0.220. The molecule has 0 saturated heterocycles. The Bertz CT molecular complexity index is 438. The van der Waals surface area contributed by atoms with Crippen LogP contribution < -0.4 is 5.32 Å². The molecule has 0 bridgehead atoms. The van der Waals surface area contributed by atoms with Crippen LogP contribution in [0.2, 0.25) is 0 Å². The quantitative estimate of drug-likeness (QED) is 0.789. The topological polar surface area (TPSA) is 80.0 Å². The van der Waals surface area contributed by atoms with Crippen LogP contribution in [0, 0.1) is 11.3 Å². The van der Waals surface area contributed by atoms with E-state index in [2.05, 4.69) is 15.5 Å². The number of carboxylic acids is 1. The van der Waals surface area contributed by atoms with Crippen molar-refractivity contribution >= 4 is 11.9 Å². The summed E-state index contributed by atoms with van der Waals surface area (Å²) < 4.78 is 1.81. The number of rotatable bonds is 3. The average molecular weight is 224 g/mol. The van der Waals surface area contributed by atoms with Crippen LogP contribution in [0.5, 0.6) is 0 Å². The first-order valence-electron chi connectivity index (χ1n) is 5.21. The summed E-state index contributed by atoms with van der Waals surface area (Å²) >= 11 is 0. The summed E-state index contributed by atoms with van der Waals surface area (Å²) in [5, 5.41) is 20.0. The monoisotopic (exact) mass is 224 g/mol. The number of anilines is 1. The van der Waals surface area contributed by atoms with E-state index in [1.54, 1.807) is 7.05 Å². The smallest absolute Gasteiger partial charge is 0.307 e. The molecule has 1 heterocycles. The van der Waals surface area contributed by atoms with E-state index >= 15 is 0 Å². The average Bonchev–Trinajstić information content (AvgIpc) is 2.59. The highest BCUT2D eigenvalue weighted by Crippen LogP contribution is 2.63. The van der Waals surface area contributed by atoms with Crippen LogP contribution in [0.1, 0.15) is 25.6 Å². The Balaban J connectivity index is 2.33. The molecule has 2 rings (SSSR count).